The fourth-order valence-corrected chi connectivity index (χ4v) is 2.66. The van der Waals surface area contributed by atoms with Gasteiger partial charge < -0.3 is 10.1 Å². The molecular weight excluding hydrogens is 344 g/mol. The van der Waals surface area contributed by atoms with Gasteiger partial charge in [-0.3, -0.25) is 9.59 Å². The molecule has 0 aliphatic carbocycles. The molecule has 1 aliphatic rings. The highest BCUT2D eigenvalue weighted by atomic mass is 35.5. The molecular formula is C18H13ClN2O4. The number of anilines is 2. The van der Waals surface area contributed by atoms with E-state index < -0.39 is 17.8 Å². The van der Waals surface area contributed by atoms with Gasteiger partial charge in [-0.25, -0.2) is 9.69 Å². The molecule has 0 spiro atoms. The maximum Gasteiger partial charge on any atom is 0.339 e. The lowest BCUT2D eigenvalue weighted by molar-refractivity contribution is -0.120. The molecule has 0 radical (unpaired) electrons. The van der Waals surface area contributed by atoms with Gasteiger partial charge in [0, 0.05) is 5.69 Å². The van der Waals surface area contributed by atoms with Crippen molar-refractivity contribution in [2.24, 2.45) is 0 Å². The van der Waals surface area contributed by atoms with E-state index in [4.69, 9.17) is 16.3 Å². The number of ether oxygens (including phenoxy) is 1. The van der Waals surface area contributed by atoms with Crippen LogP contribution in [0.2, 0.25) is 0 Å². The predicted molar refractivity (Wildman–Crippen MR) is 93.2 cm³/mol. The topological polar surface area (TPSA) is 75.7 Å². The summed E-state index contributed by atoms with van der Waals surface area (Å²) >= 11 is 6.07. The maximum atomic E-state index is 12.7. The minimum absolute atomic E-state index is 0.0439. The van der Waals surface area contributed by atoms with Crippen molar-refractivity contribution in [2.45, 2.75) is 0 Å². The summed E-state index contributed by atoms with van der Waals surface area (Å²) in [5, 5.41) is 2.61. The number of amides is 2. The zero-order valence-electron chi connectivity index (χ0n) is 13.2. The number of rotatable bonds is 4. The maximum absolute atomic E-state index is 12.7. The second kappa shape index (κ2) is 6.78. The number of hydrogen-bond acceptors (Lipinski definition) is 5. The molecule has 2 amide bonds. The Balaban J connectivity index is 1.98. The van der Waals surface area contributed by atoms with Gasteiger partial charge in [0.15, 0.2) is 0 Å². The second-order valence-corrected chi connectivity index (χ2v) is 5.51. The Kier molecular flexibility index (Phi) is 4.54. The van der Waals surface area contributed by atoms with Crippen LogP contribution in [-0.4, -0.2) is 24.9 Å². The Morgan fingerprint density at radius 3 is 2.32 bits per heavy atom. The number of esters is 1. The molecule has 2 aromatic carbocycles. The van der Waals surface area contributed by atoms with Gasteiger partial charge in [-0.15, -0.1) is 0 Å². The molecule has 0 fully saturated rings. The lowest BCUT2D eigenvalue weighted by atomic mass is 10.1. The van der Waals surface area contributed by atoms with E-state index in [-0.39, 0.29) is 22.0 Å². The number of halogens is 1. The van der Waals surface area contributed by atoms with E-state index in [2.05, 4.69) is 5.32 Å². The molecule has 0 aromatic heterocycles. The van der Waals surface area contributed by atoms with Crippen molar-refractivity contribution in [3.8, 4) is 0 Å². The van der Waals surface area contributed by atoms with Gasteiger partial charge in [-0.1, -0.05) is 41.9 Å². The van der Waals surface area contributed by atoms with E-state index in [1.807, 2.05) is 6.07 Å². The number of hydrogen-bond donors (Lipinski definition) is 1. The highest BCUT2D eigenvalue weighted by Gasteiger charge is 2.40. The number of imide groups is 1. The molecule has 7 heteroatoms. The van der Waals surface area contributed by atoms with Gasteiger partial charge in [0.2, 0.25) is 0 Å². The summed E-state index contributed by atoms with van der Waals surface area (Å²) in [4.78, 5) is 38.0. The fraction of sp³-hybridized carbons (Fsp3) is 0.0556. The van der Waals surface area contributed by atoms with E-state index in [9.17, 15) is 14.4 Å². The van der Waals surface area contributed by atoms with Crippen LogP contribution < -0.4 is 10.2 Å². The summed E-state index contributed by atoms with van der Waals surface area (Å²) in [6, 6.07) is 15.0. The lowest BCUT2D eigenvalue weighted by Crippen LogP contribution is -2.33. The Labute approximate surface area is 148 Å². The highest BCUT2D eigenvalue weighted by Crippen LogP contribution is 2.32. The Morgan fingerprint density at radius 2 is 1.64 bits per heavy atom. The van der Waals surface area contributed by atoms with Crippen molar-refractivity contribution in [2.75, 3.05) is 17.3 Å². The number of carbonyl (C=O) groups is 3. The van der Waals surface area contributed by atoms with E-state index in [0.29, 0.717) is 5.69 Å². The first-order chi connectivity index (χ1) is 12.0. The third kappa shape index (κ3) is 2.99. The second-order valence-electron chi connectivity index (χ2n) is 5.13. The average Bonchev–Trinajstić information content (AvgIpc) is 2.85. The van der Waals surface area contributed by atoms with Gasteiger partial charge in [-0.05, 0) is 24.3 Å². The molecule has 0 unspecified atom stereocenters. The lowest BCUT2D eigenvalue weighted by Gasteiger charge is -2.17. The number of benzene rings is 2. The van der Waals surface area contributed by atoms with Crippen molar-refractivity contribution in [3.05, 3.63) is 70.9 Å². The van der Waals surface area contributed by atoms with Gasteiger partial charge >= 0.3 is 5.97 Å². The van der Waals surface area contributed by atoms with Crippen molar-refractivity contribution < 1.29 is 19.1 Å². The summed E-state index contributed by atoms with van der Waals surface area (Å²) in [5.41, 5.74) is 0.780. The molecule has 126 valence electrons. The third-order valence-corrected chi connectivity index (χ3v) is 3.97. The molecule has 2 aromatic rings. The minimum Gasteiger partial charge on any atom is -0.465 e. The predicted octanol–water partition coefficient (Wildman–Crippen LogP) is 2.91. The molecule has 0 bridgehead atoms. The normalized spacial score (nSPS) is 14.1. The highest BCUT2D eigenvalue weighted by molar-refractivity contribution is 6.53. The quantitative estimate of drug-likeness (QED) is 0.673. The molecule has 25 heavy (non-hydrogen) atoms. The summed E-state index contributed by atoms with van der Waals surface area (Å²) in [6.07, 6.45) is 0. The van der Waals surface area contributed by atoms with Crippen molar-refractivity contribution in [1.29, 1.82) is 0 Å². The number of carbonyl (C=O) groups excluding carboxylic acids is 3. The summed E-state index contributed by atoms with van der Waals surface area (Å²) in [7, 11) is 1.22. The van der Waals surface area contributed by atoms with Crippen LogP contribution in [-0.2, 0) is 14.3 Å². The van der Waals surface area contributed by atoms with Crippen molar-refractivity contribution in [1.82, 2.24) is 0 Å². The number of methoxy groups -OCH3 is 1. The van der Waals surface area contributed by atoms with E-state index >= 15 is 0 Å². The van der Waals surface area contributed by atoms with E-state index in [1.165, 1.54) is 19.2 Å². The fourth-order valence-electron chi connectivity index (χ4n) is 2.45. The van der Waals surface area contributed by atoms with Crippen LogP contribution in [0.15, 0.2) is 65.3 Å². The number of para-hydroxylation sites is 2. The van der Waals surface area contributed by atoms with Crippen molar-refractivity contribution >= 4 is 40.8 Å². The molecule has 1 N–H and O–H groups in total. The number of nitrogens with one attached hydrogen (secondary N) is 1. The molecule has 0 saturated heterocycles. The standard InChI is InChI=1S/C18H13ClN2O4/c1-25-18(24)12-9-5-6-10-13(12)21-16(22)14(19)15(17(21)23)20-11-7-3-2-4-8-11/h2-10,20H,1H3. The summed E-state index contributed by atoms with van der Waals surface area (Å²) in [5.74, 6) is -2.01. The molecule has 6 nitrogen and oxygen atoms in total. The molecule has 1 aliphatic heterocycles. The Hall–Kier alpha value is -3.12. The minimum atomic E-state index is -0.707. The van der Waals surface area contributed by atoms with Crippen LogP contribution in [0.4, 0.5) is 11.4 Å². The molecule has 0 saturated carbocycles. The third-order valence-electron chi connectivity index (χ3n) is 3.62. The first-order valence-corrected chi connectivity index (χ1v) is 7.70. The largest absolute Gasteiger partial charge is 0.465 e. The average molecular weight is 357 g/mol. The van der Waals surface area contributed by atoms with E-state index in [1.54, 1.807) is 36.4 Å². The number of nitrogens with zero attached hydrogens (tertiary/aromatic N) is 1. The Bertz CT molecular complexity index is 893. The first kappa shape index (κ1) is 16.7. The van der Waals surface area contributed by atoms with Crippen molar-refractivity contribution in [3.63, 3.8) is 0 Å². The van der Waals surface area contributed by atoms with Crippen LogP contribution in [0, 0.1) is 0 Å². The van der Waals surface area contributed by atoms with Gasteiger partial charge in [-0.2, -0.15) is 0 Å². The SMILES string of the molecule is COC(=O)c1ccccc1N1C(=O)C(Cl)=C(Nc2ccccc2)C1=O. The summed E-state index contributed by atoms with van der Waals surface area (Å²) < 4.78 is 4.71. The first-order valence-electron chi connectivity index (χ1n) is 7.32. The molecule has 0 atom stereocenters. The molecule has 3 rings (SSSR count). The van der Waals surface area contributed by atoms with Crippen LogP contribution in [0.3, 0.4) is 0 Å². The van der Waals surface area contributed by atoms with Gasteiger partial charge in [0.05, 0.1) is 18.4 Å². The zero-order valence-corrected chi connectivity index (χ0v) is 13.9. The zero-order chi connectivity index (χ0) is 18.0. The molecule has 1 heterocycles. The van der Waals surface area contributed by atoms with Crippen LogP contribution >= 0.6 is 11.6 Å². The van der Waals surface area contributed by atoms with Gasteiger partial charge in [0.25, 0.3) is 11.8 Å². The van der Waals surface area contributed by atoms with E-state index in [0.717, 1.165) is 4.90 Å². The van der Waals surface area contributed by atoms with Crippen LogP contribution in [0.1, 0.15) is 10.4 Å². The smallest absolute Gasteiger partial charge is 0.339 e. The van der Waals surface area contributed by atoms with Crippen LogP contribution in [0.25, 0.3) is 0 Å². The van der Waals surface area contributed by atoms with Gasteiger partial charge in [0.1, 0.15) is 10.7 Å². The Morgan fingerprint density at radius 1 is 1.00 bits per heavy atom. The summed E-state index contributed by atoms with van der Waals surface area (Å²) in [6.45, 7) is 0. The van der Waals surface area contributed by atoms with Crippen LogP contribution in [0.5, 0.6) is 0 Å². The monoisotopic (exact) mass is 356 g/mol.